The van der Waals surface area contributed by atoms with Crippen molar-refractivity contribution in [1.29, 1.82) is 0 Å². The van der Waals surface area contributed by atoms with Crippen LogP contribution in [0.3, 0.4) is 0 Å². The number of hydrogen-bond donors (Lipinski definition) is 0. The molecule has 0 fully saturated rings. The molecular formula is C6H15O3Tl. The summed E-state index contributed by atoms with van der Waals surface area (Å²) in [6, 6.07) is 0. The van der Waals surface area contributed by atoms with Gasteiger partial charge in [0.2, 0.25) is 0 Å². The standard InChI is InChI=1S/3C2H5O.Tl/c3*1-2-3;/h3*2H2,1H3;/q3*-1;+3. The molecule has 0 atom stereocenters. The Morgan fingerprint density at radius 1 is 0.800 bits per heavy atom. The Balaban J connectivity index is 3.30. The molecule has 0 radical (unpaired) electrons. The molecule has 0 N–H and O–H groups in total. The Labute approximate surface area is 72.7 Å². The van der Waals surface area contributed by atoms with Crippen molar-refractivity contribution in [2.24, 2.45) is 0 Å². The summed E-state index contributed by atoms with van der Waals surface area (Å²) in [5.41, 5.74) is 0. The fourth-order valence-corrected chi connectivity index (χ4v) is 4.85. The van der Waals surface area contributed by atoms with Crippen molar-refractivity contribution in [1.82, 2.24) is 0 Å². The van der Waals surface area contributed by atoms with E-state index in [9.17, 15) is 0 Å². The summed E-state index contributed by atoms with van der Waals surface area (Å²) in [5.74, 6) is 0. The van der Waals surface area contributed by atoms with Gasteiger partial charge in [-0.25, -0.2) is 0 Å². The van der Waals surface area contributed by atoms with Gasteiger partial charge in [-0.1, -0.05) is 0 Å². The molecule has 0 aromatic carbocycles. The van der Waals surface area contributed by atoms with Crippen LogP contribution in [0.1, 0.15) is 20.8 Å². The van der Waals surface area contributed by atoms with E-state index >= 15 is 0 Å². The zero-order valence-electron chi connectivity index (χ0n) is 6.92. The van der Waals surface area contributed by atoms with E-state index in [2.05, 4.69) is 0 Å². The van der Waals surface area contributed by atoms with E-state index in [-0.39, 0.29) is 0 Å². The van der Waals surface area contributed by atoms with Crippen LogP contribution < -0.4 is 0 Å². The first-order valence-corrected chi connectivity index (χ1v) is 9.19. The van der Waals surface area contributed by atoms with Gasteiger partial charge in [0.15, 0.2) is 0 Å². The molecule has 0 aromatic rings. The SMILES string of the molecule is CC[O][Tl]([O]CC)[O]CC. The molecule has 0 rings (SSSR count). The first kappa shape index (κ1) is 10.8. The predicted molar refractivity (Wildman–Crippen MR) is 40.6 cm³/mol. The van der Waals surface area contributed by atoms with E-state index in [1.807, 2.05) is 20.8 Å². The normalized spacial score (nSPS) is 9.90. The van der Waals surface area contributed by atoms with E-state index in [1.54, 1.807) is 0 Å². The second-order valence-electron chi connectivity index (χ2n) is 1.65. The fourth-order valence-electron chi connectivity index (χ4n) is 0.553. The van der Waals surface area contributed by atoms with Gasteiger partial charge in [0.05, 0.1) is 0 Å². The molecule has 0 bridgehead atoms. The van der Waals surface area contributed by atoms with Crippen LogP contribution in [-0.4, -0.2) is 43.9 Å². The Hall–Kier alpha value is 0.802. The van der Waals surface area contributed by atoms with Crippen LogP contribution in [0, 0.1) is 0 Å². The van der Waals surface area contributed by atoms with Gasteiger partial charge in [-0.3, -0.25) is 0 Å². The molecule has 0 saturated heterocycles. The molecule has 0 aliphatic rings. The topological polar surface area (TPSA) is 27.7 Å². The summed E-state index contributed by atoms with van der Waals surface area (Å²) >= 11 is -2.49. The van der Waals surface area contributed by atoms with Crippen LogP contribution in [0.5, 0.6) is 0 Å². The average Bonchev–Trinajstić information content (AvgIpc) is 1.90. The molecule has 3 nitrogen and oxygen atoms in total. The van der Waals surface area contributed by atoms with Gasteiger partial charge in [0, 0.05) is 0 Å². The third kappa shape index (κ3) is 5.58. The Morgan fingerprint density at radius 3 is 1.30 bits per heavy atom. The number of hydrogen-bond acceptors (Lipinski definition) is 3. The molecule has 0 unspecified atom stereocenters. The van der Waals surface area contributed by atoms with Crippen molar-refractivity contribution in [3.05, 3.63) is 0 Å². The van der Waals surface area contributed by atoms with Crippen molar-refractivity contribution in [2.45, 2.75) is 20.8 Å². The van der Waals surface area contributed by atoms with E-state index in [4.69, 9.17) is 8.06 Å². The van der Waals surface area contributed by atoms with Crippen molar-refractivity contribution < 1.29 is 8.06 Å². The van der Waals surface area contributed by atoms with Crippen LogP contribution in [0.2, 0.25) is 0 Å². The van der Waals surface area contributed by atoms with Crippen LogP contribution in [0.15, 0.2) is 0 Å². The molecule has 0 aliphatic carbocycles. The van der Waals surface area contributed by atoms with Crippen LogP contribution >= 0.6 is 0 Å². The molecule has 4 heteroatoms. The Kier molecular flexibility index (Phi) is 8.54. The molecule has 0 amide bonds. The summed E-state index contributed by atoms with van der Waals surface area (Å²) < 4.78 is 15.9. The summed E-state index contributed by atoms with van der Waals surface area (Å²) in [7, 11) is 0. The number of rotatable bonds is 6. The van der Waals surface area contributed by atoms with Gasteiger partial charge in [-0.2, -0.15) is 0 Å². The summed E-state index contributed by atoms with van der Waals surface area (Å²) in [6.45, 7) is 8.03. The Bertz CT molecular complexity index is 55.7. The first-order chi connectivity index (χ1) is 4.85. The van der Waals surface area contributed by atoms with Crippen molar-refractivity contribution >= 4 is 24.1 Å². The van der Waals surface area contributed by atoms with Crippen molar-refractivity contribution in [3.8, 4) is 0 Å². The fraction of sp³-hybridized carbons (Fsp3) is 1.00. The maximum absolute atomic E-state index is 5.30. The van der Waals surface area contributed by atoms with E-state index in [1.165, 1.54) is 0 Å². The minimum absolute atomic E-state index is 0.715. The second-order valence-corrected chi connectivity index (χ2v) is 7.79. The van der Waals surface area contributed by atoms with Crippen molar-refractivity contribution in [2.75, 3.05) is 19.8 Å². The molecule has 0 heterocycles. The average molecular weight is 340 g/mol. The van der Waals surface area contributed by atoms with Gasteiger partial charge in [-0.15, -0.1) is 0 Å². The Morgan fingerprint density at radius 2 is 1.10 bits per heavy atom. The molecule has 60 valence electrons. The van der Waals surface area contributed by atoms with Gasteiger partial charge >= 0.3 is 72.7 Å². The first-order valence-electron chi connectivity index (χ1n) is 3.69. The molecule has 10 heavy (non-hydrogen) atoms. The third-order valence-corrected chi connectivity index (χ3v) is 7.97. The minimum atomic E-state index is -2.49. The van der Waals surface area contributed by atoms with E-state index < -0.39 is 24.1 Å². The third-order valence-electron chi connectivity index (χ3n) is 0.908. The molecule has 0 spiro atoms. The predicted octanol–water partition coefficient (Wildman–Crippen LogP) is 1.08. The monoisotopic (exact) mass is 340 g/mol. The van der Waals surface area contributed by atoms with Gasteiger partial charge in [-0.05, 0) is 0 Å². The molecule has 0 aliphatic heterocycles. The van der Waals surface area contributed by atoms with E-state index in [0.29, 0.717) is 19.8 Å². The zero-order valence-corrected chi connectivity index (χ0v) is 11.4. The van der Waals surface area contributed by atoms with Gasteiger partial charge < -0.3 is 0 Å². The summed E-state index contributed by atoms with van der Waals surface area (Å²) in [6.07, 6.45) is 0. The maximum atomic E-state index is 5.30. The van der Waals surface area contributed by atoms with Gasteiger partial charge in [0.25, 0.3) is 0 Å². The molecule has 0 aromatic heterocycles. The molecular weight excluding hydrogens is 324 g/mol. The van der Waals surface area contributed by atoms with Crippen LogP contribution in [0.25, 0.3) is 0 Å². The second kappa shape index (κ2) is 7.90. The van der Waals surface area contributed by atoms with E-state index in [0.717, 1.165) is 0 Å². The van der Waals surface area contributed by atoms with Gasteiger partial charge in [0.1, 0.15) is 0 Å². The quantitative estimate of drug-likeness (QED) is 0.678. The summed E-state index contributed by atoms with van der Waals surface area (Å²) in [5, 5.41) is 0. The molecule has 0 saturated carbocycles. The van der Waals surface area contributed by atoms with Crippen molar-refractivity contribution in [3.63, 3.8) is 0 Å². The van der Waals surface area contributed by atoms with Crippen LogP contribution in [0.4, 0.5) is 0 Å². The summed E-state index contributed by atoms with van der Waals surface area (Å²) in [4.78, 5) is 0. The zero-order chi connectivity index (χ0) is 7.82. The van der Waals surface area contributed by atoms with Crippen LogP contribution in [-0.2, 0) is 8.06 Å².